The Balaban J connectivity index is 5.24. The molecular formula is C10H14F2O. The van der Waals surface area contributed by atoms with Gasteiger partial charge in [-0.2, -0.15) is 0 Å². The first-order valence-electron chi connectivity index (χ1n) is 3.88. The number of alkyl halides is 2. The van der Waals surface area contributed by atoms with Crippen LogP contribution in [0.15, 0.2) is 35.6 Å². The molecule has 0 radical (unpaired) electrons. The summed E-state index contributed by atoms with van der Waals surface area (Å²) in [5, 5.41) is 9.14. The number of halogens is 2. The molecular weight excluding hydrogens is 174 g/mol. The van der Waals surface area contributed by atoms with E-state index in [9.17, 15) is 8.78 Å². The summed E-state index contributed by atoms with van der Waals surface area (Å²) in [4.78, 5) is 0. The molecule has 0 bridgehead atoms. The minimum Gasteiger partial charge on any atom is -0.507 e. The lowest BCUT2D eigenvalue weighted by Gasteiger charge is -2.13. The molecule has 1 N–H and O–H groups in total. The third-order valence-electron chi connectivity index (χ3n) is 1.38. The SMILES string of the molecule is C=C/C(O)=C(\C=C(C)C)C(C)(F)F. The zero-order chi connectivity index (χ0) is 10.6. The molecule has 0 amide bonds. The molecule has 13 heavy (non-hydrogen) atoms. The van der Waals surface area contributed by atoms with Gasteiger partial charge >= 0.3 is 0 Å². The maximum Gasteiger partial charge on any atom is 0.274 e. The molecule has 3 heteroatoms. The summed E-state index contributed by atoms with van der Waals surface area (Å²) >= 11 is 0. The van der Waals surface area contributed by atoms with E-state index < -0.39 is 17.3 Å². The molecule has 1 nitrogen and oxygen atoms in total. The van der Waals surface area contributed by atoms with Gasteiger partial charge in [0.25, 0.3) is 5.92 Å². The Labute approximate surface area is 77.1 Å². The van der Waals surface area contributed by atoms with Crippen molar-refractivity contribution in [3.8, 4) is 0 Å². The van der Waals surface area contributed by atoms with E-state index in [-0.39, 0.29) is 0 Å². The molecule has 0 saturated carbocycles. The lowest BCUT2D eigenvalue weighted by Crippen LogP contribution is -2.14. The molecule has 0 rings (SSSR count). The van der Waals surface area contributed by atoms with E-state index in [1.807, 2.05) is 0 Å². The lowest BCUT2D eigenvalue weighted by molar-refractivity contribution is 0.0633. The fraction of sp³-hybridized carbons (Fsp3) is 0.400. The number of aliphatic hydroxyl groups is 1. The van der Waals surface area contributed by atoms with Gasteiger partial charge in [-0.25, -0.2) is 8.78 Å². The van der Waals surface area contributed by atoms with Crippen LogP contribution in [0.2, 0.25) is 0 Å². The zero-order valence-electron chi connectivity index (χ0n) is 8.06. The Hall–Kier alpha value is -1.12. The minimum absolute atomic E-state index is 0.400. The van der Waals surface area contributed by atoms with Gasteiger partial charge in [-0.3, -0.25) is 0 Å². The van der Waals surface area contributed by atoms with Crippen molar-refractivity contribution in [3.05, 3.63) is 35.6 Å². The maximum atomic E-state index is 12.9. The van der Waals surface area contributed by atoms with Crippen LogP contribution >= 0.6 is 0 Å². The minimum atomic E-state index is -3.05. The Bertz CT molecular complexity index is 253. The van der Waals surface area contributed by atoms with Crippen LogP contribution in [-0.2, 0) is 0 Å². The second kappa shape index (κ2) is 4.21. The summed E-state index contributed by atoms with van der Waals surface area (Å²) in [6.45, 7) is 7.33. The molecule has 0 fully saturated rings. The van der Waals surface area contributed by atoms with Crippen LogP contribution in [0, 0.1) is 0 Å². The van der Waals surface area contributed by atoms with E-state index in [4.69, 9.17) is 5.11 Å². The zero-order valence-corrected chi connectivity index (χ0v) is 8.06. The van der Waals surface area contributed by atoms with Crippen LogP contribution in [-0.4, -0.2) is 11.0 Å². The van der Waals surface area contributed by atoms with E-state index in [1.165, 1.54) is 6.08 Å². The van der Waals surface area contributed by atoms with Gasteiger partial charge in [-0.05, 0) is 19.9 Å². The number of hydrogen-bond donors (Lipinski definition) is 1. The van der Waals surface area contributed by atoms with Gasteiger partial charge in [0.05, 0.1) is 5.57 Å². The predicted octanol–water partition coefficient (Wildman–Crippen LogP) is 3.61. The van der Waals surface area contributed by atoms with Gasteiger partial charge in [-0.1, -0.05) is 18.2 Å². The molecule has 0 aromatic carbocycles. The van der Waals surface area contributed by atoms with Crippen molar-refractivity contribution in [2.75, 3.05) is 0 Å². The van der Waals surface area contributed by atoms with Crippen LogP contribution in [0.5, 0.6) is 0 Å². The smallest absolute Gasteiger partial charge is 0.274 e. The van der Waals surface area contributed by atoms with E-state index >= 15 is 0 Å². The number of allylic oxidation sites excluding steroid dienone is 4. The average molecular weight is 188 g/mol. The standard InChI is InChI=1S/C10H14F2O/c1-5-9(13)8(6-7(2)3)10(4,11)12/h5-6,13H,1H2,2-4H3/b9-8-. The first kappa shape index (κ1) is 11.9. The fourth-order valence-corrected chi connectivity index (χ4v) is 0.824. The third kappa shape index (κ3) is 3.87. The van der Waals surface area contributed by atoms with Gasteiger partial charge in [0.2, 0.25) is 0 Å². The second-order valence-electron chi connectivity index (χ2n) is 3.11. The first-order chi connectivity index (χ1) is 5.79. The van der Waals surface area contributed by atoms with Gasteiger partial charge in [0.1, 0.15) is 5.76 Å². The molecule has 0 aliphatic carbocycles. The number of rotatable bonds is 3. The van der Waals surface area contributed by atoms with Gasteiger partial charge in [0.15, 0.2) is 0 Å². The van der Waals surface area contributed by atoms with Crippen LogP contribution in [0.1, 0.15) is 20.8 Å². The quantitative estimate of drug-likeness (QED) is 0.530. The molecule has 0 atom stereocenters. The Morgan fingerprint density at radius 3 is 2.08 bits per heavy atom. The highest BCUT2D eigenvalue weighted by Crippen LogP contribution is 2.27. The molecule has 0 heterocycles. The van der Waals surface area contributed by atoms with Crippen LogP contribution < -0.4 is 0 Å². The molecule has 0 aliphatic rings. The van der Waals surface area contributed by atoms with Crippen molar-refractivity contribution < 1.29 is 13.9 Å². The Morgan fingerprint density at radius 2 is 1.85 bits per heavy atom. The Kier molecular flexibility index (Phi) is 3.85. The van der Waals surface area contributed by atoms with Gasteiger partial charge < -0.3 is 5.11 Å². The average Bonchev–Trinajstić information content (AvgIpc) is 1.96. The van der Waals surface area contributed by atoms with E-state index in [0.29, 0.717) is 5.57 Å². The summed E-state index contributed by atoms with van der Waals surface area (Å²) in [6.07, 6.45) is 2.25. The summed E-state index contributed by atoms with van der Waals surface area (Å²) in [5.74, 6) is -3.52. The highest BCUT2D eigenvalue weighted by atomic mass is 19.3. The van der Waals surface area contributed by atoms with Crippen molar-refractivity contribution in [1.82, 2.24) is 0 Å². The topological polar surface area (TPSA) is 20.2 Å². The van der Waals surface area contributed by atoms with Crippen molar-refractivity contribution in [2.24, 2.45) is 0 Å². The summed E-state index contributed by atoms with van der Waals surface area (Å²) in [6, 6.07) is 0. The predicted molar refractivity (Wildman–Crippen MR) is 49.9 cm³/mol. The first-order valence-corrected chi connectivity index (χ1v) is 3.88. The van der Waals surface area contributed by atoms with E-state index in [0.717, 1.165) is 13.0 Å². The van der Waals surface area contributed by atoms with Crippen molar-refractivity contribution >= 4 is 0 Å². The monoisotopic (exact) mass is 188 g/mol. The van der Waals surface area contributed by atoms with Crippen molar-refractivity contribution in [2.45, 2.75) is 26.7 Å². The molecule has 0 unspecified atom stereocenters. The van der Waals surface area contributed by atoms with Crippen LogP contribution in [0.3, 0.4) is 0 Å². The Morgan fingerprint density at radius 1 is 1.38 bits per heavy atom. The third-order valence-corrected chi connectivity index (χ3v) is 1.38. The van der Waals surface area contributed by atoms with E-state index in [2.05, 4.69) is 6.58 Å². The molecule has 0 spiro atoms. The lowest BCUT2D eigenvalue weighted by atomic mass is 10.1. The normalized spacial score (nSPS) is 13.3. The fourth-order valence-electron chi connectivity index (χ4n) is 0.824. The summed E-state index contributed by atoms with van der Waals surface area (Å²) < 4.78 is 25.7. The second-order valence-corrected chi connectivity index (χ2v) is 3.11. The van der Waals surface area contributed by atoms with E-state index in [1.54, 1.807) is 13.8 Å². The largest absolute Gasteiger partial charge is 0.507 e. The van der Waals surface area contributed by atoms with Gasteiger partial charge in [-0.15, -0.1) is 0 Å². The highest BCUT2D eigenvalue weighted by molar-refractivity contribution is 5.34. The molecule has 74 valence electrons. The number of aliphatic hydroxyl groups excluding tert-OH is 1. The molecule has 0 aromatic rings. The summed E-state index contributed by atoms with van der Waals surface area (Å²) in [5.41, 5.74) is 0.299. The molecule has 0 saturated heterocycles. The summed E-state index contributed by atoms with van der Waals surface area (Å²) in [7, 11) is 0. The number of hydrogen-bond acceptors (Lipinski definition) is 1. The molecule has 0 aliphatic heterocycles. The van der Waals surface area contributed by atoms with Crippen molar-refractivity contribution in [3.63, 3.8) is 0 Å². The molecule has 0 aromatic heterocycles. The van der Waals surface area contributed by atoms with Crippen molar-refractivity contribution in [1.29, 1.82) is 0 Å². The maximum absolute atomic E-state index is 12.9. The van der Waals surface area contributed by atoms with Crippen LogP contribution in [0.4, 0.5) is 8.78 Å². The highest BCUT2D eigenvalue weighted by Gasteiger charge is 2.28. The van der Waals surface area contributed by atoms with Crippen LogP contribution in [0.25, 0.3) is 0 Å². The van der Waals surface area contributed by atoms with Gasteiger partial charge in [0, 0.05) is 6.92 Å².